The minimum atomic E-state index is 0.241. The van der Waals surface area contributed by atoms with Crippen molar-refractivity contribution in [3.63, 3.8) is 0 Å². The molecule has 1 aromatic rings. The van der Waals surface area contributed by atoms with Crippen LogP contribution in [0.25, 0.3) is 0 Å². The largest absolute Gasteiger partial charge is 0.508 e. The Balaban J connectivity index is 1.98. The Morgan fingerprint density at radius 2 is 1.30 bits per heavy atom. The van der Waals surface area contributed by atoms with Crippen LogP contribution >= 0.6 is 0 Å². The molecule has 2 nitrogen and oxygen atoms in total. The maximum absolute atomic E-state index is 9.67. The Morgan fingerprint density at radius 3 is 1.90 bits per heavy atom. The Hall–Kier alpha value is -1.18. The topological polar surface area (TPSA) is 40.5 Å². The van der Waals surface area contributed by atoms with E-state index in [4.69, 9.17) is 0 Å². The summed E-state index contributed by atoms with van der Waals surface area (Å²) in [7, 11) is 0. The average Bonchev–Trinajstić information content (AvgIpc) is 2.44. The van der Waals surface area contributed by atoms with E-state index in [1.807, 2.05) is 0 Å². The highest BCUT2D eigenvalue weighted by Crippen LogP contribution is 2.24. The van der Waals surface area contributed by atoms with Gasteiger partial charge >= 0.3 is 0 Å². The summed E-state index contributed by atoms with van der Waals surface area (Å²) in [6.45, 7) is 2.25. The van der Waals surface area contributed by atoms with E-state index in [0.29, 0.717) is 5.75 Å². The zero-order valence-corrected chi connectivity index (χ0v) is 12.9. The van der Waals surface area contributed by atoms with Gasteiger partial charge < -0.3 is 10.2 Å². The lowest BCUT2D eigenvalue weighted by molar-refractivity contribution is 0.452. The van der Waals surface area contributed by atoms with Crippen LogP contribution in [0, 0.1) is 0 Å². The molecule has 2 heteroatoms. The van der Waals surface area contributed by atoms with E-state index in [1.54, 1.807) is 12.1 Å². The first-order valence-electron chi connectivity index (χ1n) is 8.25. The fraction of sp³-hybridized carbons (Fsp3) is 0.667. The molecule has 0 radical (unpaired) electrons. The van der Waals surface area contributed by atoms with E-state index < -0.39 is 0 Å². The molecular weight excluding hydrogens is 248 g/mol. The lowest BCUT2D eigenvalue weighted by Crippen LogP contribution is -1.87. The van der Waals surface area contributed by atoms with Crippen LogP contribution in [0.15, 0.2) is 18.2 Å². The highest BCUT2D eigenvalue weighted by atomic mass is 16.3. The van der Waals surface area contributed by atoms with Crippen LogP contribution in [0.1, 0.15) is 76.7 Å². The van der Waals surface area contributed by atoms with E-state index >= 15 is 0 Å². The van der Waals surface area contributed by atoms with E-state index in [0.717, 1.165) is 18.4 Å². The number of phenols is 2. The second-order valence-electron chi connectivity index (χ2n) is 5.74. The Labute approximate surface area is 123 Å². The van der Waals surface area contributed by atoms with Gasteiger partial charge in [0.1, 0.15) is 11.5 Å². The number of benzene rings is 1. The van der Waals surface area contributed by atoms with Gasteiger partial charge in [0.2, 0.25) is 0 Å². The molecule has 0 atom stereocenters. The minimum Gasteiger partial charge on any atom is -0.508 e. The lowest BCUT2D eigenvalue weighted by atomic mass is 10.0. The SMILES string of the molecule is CCCCCCCCCCCCc1cc(O)ccc1O. The first kappa shape index (κ1) is 16.9. The molecule has 0 spiro atoms. The van der Waals surface area contributed by atoms with Crippen molar-refractivity contribution in [2.24, 2.45) is 0 Å². The summed E-state index contributed by atoms with van der Waals surface area (Å²) in [4.78, 5) is 0. The molecular formula is C18H30O2. The van der Waals surface area contributed by atoms with Gasteiger partial charge in [-0.05, 0) is 36.6 Å². The summed E-state index contributed by atoms with van der Waals surface area (Å²) in [5.41, 5.74) is 0.865. The molecule has 0 bridgehead atoms. The van der Waals surface area contributed by atoms with Crippen molar-refractivity contribution in [3.8, 4) is 11.5 Å². The van der Waals surface area contributed by atoms with Crippen molar-refractivity contribution in [2.75, 3.05) is 0 Å². The van der Waals surface area contributed by atoms with Gasteiger partial charge in [0.15, 0.2) is 0 Å². The average molecular weight is 278 g/mol. The number of rotatable bonds is 11. The van der Waals surface area contributed by atoms with Crippen LogP contribution in [-0.2, 0) is 6.42 Å². The molecule has 0 aliphatic rings. The molecule has 114 valence electrons. The van der Waals surface area contributed by atoms with Crippen molar-refractivity contribution in [3.05, 3.63) is 23.8 Å². The van der Waals surface area contributed by atoms with Gasteiger partial charge in [-0.1, -0.05) is 64.7 Å². The van der Waals surface area contributed by atoms with Gasteiger partial charge in [-0.25, -0.2) is 0 Å². The number of hydrogen-bond acceptors (Lipinski definition) is 2. The number of hydrogen-bond donors (Lipinski definition) is 2. The fourth-order valence-corrected chi connectivity index (χ4v) is 2.58. The second kappa shape index (κ2) is 10.6. The van der Waals surface area contributed by atoms with Crippen molar-refractivity contribution in [1.29, 1.82) is 0 Å². The number of aryl methyl sites for hydroxylation is 1. The third kappa shape index (κ3) is 7.42. The van der Waals surface area contributed by atoms with Gasteiger partial charge in [-0.15, -0.1) is 0 Å². The molecule has 0 fully saturated rings. The predicted molar refractivity (Wildman–Crippen MR) is 85.3 cm³/mol. The molecule has 0 unspecified atom stereocenters. The van der Waals surface area contributed by atoms with Crippen LogP contribution in [0.3, 0.4) is 0 Å². The van der Waals surface area contributed by atoms with Crippen LogP contribution in [-0.4, -0.2) is 10.2 Å². The highest BCUT2D eigenvalue weighted by Gasteiger charge is 2.02. The molecule has 0 saturated carbocycles. The Bertz CT molecular complexity index is 360. The molecule has 0 amide bonds. The molecule has 0 aromatic heterocycles. The summed E-state index contributed by atoms with van der Waals surface area (Å²) in [6.07, 6.45) is 14.0. The standard InChI is InChI=1S/C18H30O2/c1-2-3-4-5-6-7-8-9-10-11-12-16-15-17(19)13-14-18(16)20/h13-15,19-20H,2-12H2,1H3. The summed E-state index contributed by atoms with van der Waals surface area (Å²) < 4.78 is 0. The van der Waals surface area contributed by atoms with Gasteiger partial charge in [0.25, 0.3) is 0 Å². The molecule has 2 N–H and O–H groups in total. The first-order chi connectivity index (χ1) is 9.74. The van der Waals surface area contributed by atoms with Crippen molar-refractivity contribution in [1.82, 2.24) is 0 Å². The van der Waals surface area contributed by atoms with Crippen molar-refractivity contribution >= 4 is 0 Å². The molecule has 0 heterocycles. The normalized spacial score (nSPS) is 10.8. The molecule has 20 heavy (non-hydrogen) atoms. The number of phenolic OH excluding ortho intramolecular Hbond substituents is 2. The van der Waals surface area contributed by atoms with Gasteiger partial charge in [-0.2, -0.15) is 0 Å². The van der Waals surface area contributed by atoms with Crippen molar-refractivity contribution < 1.29 is 10.2 Å². The zero-order chi connectivity index (χ0) is 14.6. The van der Waals surface area contributed by atoms with E-state index in [9.17, 15) is 10.2 Å². The number of aromatic hydroxyl groups is 2. The van der Waals surface area contributed by atoms with Crippen LogP contribution in [0.2, 0.25) is 0 Å². The summed E-state index contributed by atoms with van der Waals surface area (Å²) >= 11 is 0. The smallest absolute Gasteiger partial charge is 0.119 e. The quantitative estimate of drug-likeness (QED) is 0.411. The van der Waals surface area contributed by atoms with Crippen LogP contribution in [0.5, 0.6) is 11.5 Å². The summed E-state index contributed by atoms with van der Waals surface area (Å²) in [5.74, 6) is 0.545. The van der Waals surface area contributed by atoms with Gasteiger partial charge in [-0.3, -0.25) is 0 Å². The molecule has 1 rings (SSSR count). The molecule has 0 aliphatic carbocycles. The third-order valence-corrected chi connectivity index (χ3v) is 3.86. The fourth-order valence-electron chi connectivity index (χ4n) is 2.58. The number of unbranched alkanes of at least 4 members (excludes halogenated alkanes) is 9. The van der Waals surface area contributed by atoms with E-state index in [2.05, 4.69) is 6.92 Å². The van der Waals surface area contributed by atoms with Gasteiger partial charge in [0.05, 0.1) is 0 Å². The lowest BCUT2D eigenvalue weighted by Gasteiger charge is -2.05. The predicted octanol–water partition coefficient (Wildman–Crippen LogP) is 5.56. The Kier molecular flexibility index (Phi) is 8.93. The Morgan fingerprint density at radius 1 is 0.750 bits per heavy atom. The van der Waals surface area contributed by atoms with Crippen molar-refractivity contribution in [2.45, 2.75) is 77.6 Å². The molecule has 0 aliphatic heterocycles. The molecule has 1 aromatic carbocycles. The maximum atomic E-state index is 9.67. The van der Waals surface area contributed by atoms with E-state index in [-0.39, 0.29) is 5.75 Å². The second-order valence-corrected chi connectivity index (χ2v) is 5.74. The van der Waals surface area contributed by atoms with Gasteiger partial charge in [0, 0.05) is 0 Å². The zero-order valence-electron chi connectivity index (χ0n) is 12.9. The molecule has 0 saturated heterocycles. The third-order valence-electron chi connectivity index (χ3n) is 3.86. The highest BCUT2D eigenvalue weighted by molar-refractivity contribution is 5.38. The summed E-state index contributed by atoms with van der Waals surface area (Å²) in [5, 5.41) is 19.1. The maximum Gasteiger partial charge on any atom is 0.119 e. The summed E-state index contributed by atoms with van der Waals surface area (Å²) in [6, 6.07) is 4.77. The monoisotopic (exact) mass is 278 g/mol. The van der Waals surface area contributed by atoms with Crippen LogP contribution in [0.4, 0.5) is 0 Å². The first-order valence-corrected chi connectivity index (χ1v) is 8.25. The van der Waals surface area contributed by atoms with E-state index in [1.165, 1.54) is 63.9 Å². The van der Waals surface area contributed by atoms with Crippen LogP contribution < -0.4 is 0 Å². The minimum absolute atomic E-state index is 0.241.